The Balaban J connectivity index is 1.51. The second-order valence-electron chi connectivity index (χ2n) is 9.36. The molecular formula is C25H25NO. The highest BCUT2D eigenvalue weighted by Crippen LogP contribution is 2.61. The van der Waals surface area contributed by atoms with Gasteiger partial charge in [-0.2, -0.15) is 0 Å². The van der Waals surface area contributed by atoms with Gasteiger partial charge in [0.2, 0.25) is 0 Å². The third-order valence-electron chi connectivity index (χ3n) is 7.63. The summed E-state index contributed by atoms with van der Waals surface area (Å²) in [5.74, 6) is 2.63. The summed E-state index contributed by atoms with van der Waals surface area (Å²) in [5, 5.41) is 1.09. The molecule has 0 unspecified atom stereocenters. The van der Waals surface area contributed by atoms with Crippen molar-refractivity contribution in [2.45, 2.75) is 43.9 Å². The number of benzene rings is 2. The molecule has 2 heteroatoms. The Labute approximate surface area is 160 Å². The van der Waals surface area contributed by atoms with Gasteiger partial charge in [-0.3, -0.25) is 4.79 Å². The van der Waals surface area contributed by atoms with E-state index in [1.54, 1.807) is 0 Å². The van der Waals surface area contributed by atoms with Crippen LogP contribution in [0.15, 0.2) is 48.5 Å². The molecule has 0 radical (unpaired) electrons. The smallest absolute Gasteiger partial charge is 0.152 e. The van der Waals surface area contributed by atoms with E-state index in [-0.39, 0.29) is 5.41 Å². The summed E-state index contributed by atoms with van der Waals surface area (Å²) < 4.78 is 0. The van der Waals surface area contributed by atoms with Crippen molar-refractivity contribution in [1.82, 2.24) is 4.98 Å². The van der Waals surface area contributed by atoms with Crippen LogP contribution in [-0.4, -0.2) is 11.3 Å². The molecule has 1 N–H and O–H groups in total. The lowest BCUT2D eigenvalue weighted by atomic mass is 9.48. The number of rotatable bonds is 3. The molecule has 4 bridgehead atoms. The fourth-order valence-corrected chi connectivity index (χ4v) is 6.98. The number of aromatic nitrogens is 1. The van der Waals surface area contributed by atoms with Crippen molar-refractivity contribution in [1.29, 1.82) is 0 Å². The predicted octanol–water partition coefficient (Wildman–Crippen LogP) is 6.12. The molecule has 0 atom stereocenters. The van der Waals surface area contributed by atoms with E-state index >= 15 is 0 Å². The highest BCUT2D eigenvalue weighted by atomic mass is 16.1. The summed E-state index contributed by atoms with van der Waals surface area (Å²) in [6, 6.07) is 17.0. The van der Waals surface area contributed by atoms with Gasteiger partial charge in [0.1, 0.15) is 0 Å². The molecule has 1 aromatic heterocycles. The number of hydrogen-bond acceptors (Lipinski definition) is 1. The summed E-state index contributed by atoms with van der Waals surface area (Å²) in [6.07, 6.45) is 9.21. The highest BCUT2D eigenvalue weighted by molar-refractivity contribution is 6.01. The second-order valence-corrected chi connectivity index (χ2v) is 9.36. The Bertz CT molecular complexity index is 994. The minimum absolute atomic E-state index is 0.219. The average molecular weight is 355 g/mol. The standard InChI is InChI=1S/C25H25NO/c27-15-22-21-11-20(19-4-2-1-3-5-19)6-7-23(21)26-24(22)25-12-16-8-17(13-25)10-18(9-16)14-25/h1-7,11,15-18,26H,8-10,12-14H2. The average Bonchev–Trinajstić information content (AvgIpc) is 3.06. The normalized spacial score (nSPS) is 31.5. The van der Waals surface area contributed by atoms with E-state index in [0.29, 0.717) is 0 Å². The van der Waals surface area contributed by atoms with Crippen LogP contribution < -0.4 is 0 Å². The van der Waals surface area contributed by atoms with Gasteiger partial charge in [0.15, 0.2) is 6.29 Å². The number of nitrogens with one attached hydrogen (secondary N) is 1. The van der Waals surface area contributed by atoms with Crippen LogP contribution >= 0.6 is 0 Å². The van der Waals surface area contributed by atoms with Gasteiger partial charge < -0.3 is 4.98 Å². The van der Waals surface area contributed by atoms with E-state index in [4.69, 9.17) is 0 Å². The molecule has 4 aliphatic rings. The van der Waals surface area contributed by atoms with Crippen molar-refractivity contribution in [2.75, 3.05) is 0 Å². The van der Waals surface area contributed by atoms with Crippen molar-refractivity contribution >= 4 is 17.2 Å². The quantitative estimate of drug-likeness (QED) is 0.564. The first-order valence-corrected chi connectivity index (χ1v) is 10.4. The predicted molar refractivity (Wildman–Crippen MR) is 109 cm³/mol. The number of H-pyrrole nitrogens is 1. The lowest BCUT2D eigenvalue weighted by molar-refractivity contribution is -0.00710. The molecule has 2 nitrogen and oxygen atoms in total. The molecule has 0 aliphatic heterocycles. The minimum Gasteiger partial charge on any atom is -0.357 e. The van der Waals surface area contributed by atoms with Crippen LogP contribution in [0.4, 0.5) is 0 Å². The SMILES string of the molecule is O=Cc1c(C23CC4CC(CC(C4)C2)C3)[nH]c2ccc(-c3ccccc3)cc12. The zero-order valence-electron chi connectivity index (χ0n) is 15.6. The van der Waals surface area contributed by atoms with Crippen molar-refractivity contribution < 1.29 is 4.79 Å². The number of hydrogen-bond donors (Lipinski definition) is 1. The van der Waals surface area contributed by atoms with Gasteiger partial charge in [-0.25, -0.2) is 0 Å². The van der Waals surface area contributed by atoms with Gasteiger partial charge in [-0.05, 0) is 79.5 Å². The van der Waals surface area contributed by atoms with E-state index in [1.165, 1.54) is 55.3 Å². The number of aromatic amines is 1. The number of aldehydes is 1. The fourth-order valence-electron chi connectivity index (χ4n) is 6.98. The molecule has 1 heterocycles. The zero-order valence-corrected chi connectivity index (χ0v) is 15.6. The lowest BCUT2D eigenvalue weighted by Gasteiger charge is -2.56. The van der Waals surface area contributed by atoms with E-state index in [9.17, 15) is 4.79 Å². The molecule has 4 aliphatic carbocycles. The van der Waals surface area contributed by atoms with Gasteiger partial charge in [0.05, 0.1) is 0 Å². The number of carbonyl (C=O) groups is 1. The Kier molecular flexibility index (Phi) is 3.24. The van der Waals surface area contributed by atoms with E-state index in [1.807, 2.05) is 6.07 Å². The third kappa shape index (κ3) is 2.29. The third-order valence-corrected chi connectivity index (χ3v) is 7.63. The molecule has 4 saturated carbocycles. The fraction of sp³-hybridized carbons (Fsp3) is 0.400. The van der Waals surface area contributed by atoms with Crippen molar-refractivity contribution in [3.63, 3.8) is 0 Å². The molecule has 0 amide bonds. The van der Waals surface area contributed by atoms with Gasteiger partial charge in [-0.1, -0.05) is 36.4 Å². The summed E-state index contributed by atoms with van der Waals surface area (Å²) in [6.45, 7) is 0. The zero-order chi connectivity index (χ0) is 18.0. The van der Waals surface area contributed by atoms with Crippen LogP contribution in [0, 0.1) is 17.8 Å². The maximum Gasteiger partial charge on any atom is 0.152 e. The van der Waals surface area contributed by atoms with Crippen LogP contribution in [0.1, 0.15) is 54.6 Å². The Morgan fingerprint density at radius 3 is 2.15 bits per heavy atom. The molecule has 7 rings (SSSR count). The van der Waals surface area contributed by atoms with Gasteiger partial charge >= 0.3 is 0 Å². The molecule has 27 heavy (non-hydrogen) atoms. The summed E-state index contributed by atoms with van der Waals surface area (Å²) in [5.41, 5.74) is 5.89. The highest BCUT2D eigenvalue weighted by Gasteiger charge is 2.53. The van der Waals surface area contributed by atoms with Gasteiger partial charge in [0, 0.05) is 27.6 Å². The van der Waals surface area contributed by atoms with Crippen LogP contribution in [0.5, 0.6) is 0 Å². The van der Waals surface area contributed by atoms with E-state index < -0.39 is 0 Å². The summed E-state index contributed by atoms with van der Waals surface area (Å²) in [7, 11) is 0. The van der Waals surface area contributed by atoms with Crippen LogP contribution in [-0.2, 0) is 5.41 Å². The molecule has 0 spiro atoms. The largest absolute Gasteiger partial charge is 0.357 e. The molecular weight excluding hydrogens is 330 g/mol. The van der Waals surface area contributed by atoms with E-state index in [2.05, 4.69) is 47.4 Å². The molecule has 4 fully saturated rings. The van der Waals surface area contributed by atoms with Crippen molar-refractivity contribution in [3.8, 4) is 11.1 Å². The van der Waals surface area contributed by atoms with Crippen molar-refractivity contribution in [3.05, 3.63) is 59.8 Å². The monoisotopic (exact) mass is 355 g/mol. The maximum atomic E-state index is 12.2. The van der Waals surface area contributed by atoms with Gasteiger partial charge in [0.25, 0.3) is 0 Å². The van der Waals surface area contributed by atoms with Crippen LogP contribution in [0.3, 0.4) is 0 Å². The Morgan fingerprint density at radius 1 is 0.852 bits per heavy atom. The topological polar surface area (TPSA) is 32.9 Å². The van der Waals surface area contributed by atoms with Gasteiger partial charge in [-0.15, -0.1) is 0 Å². The minimum atomic E-state index is 0.219. The first-order valence-electron chi connectivity index (χ1n) is 10.4. The molecule has 136 valence electrons. The van der Waals surface area contributed by atoms with Crippen LogP contribution in [0.25, 0.3) is 22.0 Å². The summed E-state index contributed by atoms with van der Waals surface area (Å²) >= 11 is 0. The Morgan fingerprint density at radius 2 is 1.52 bits per heavy atom. The van der Waals surface area contributed by atoms with E-state index in [0.717, 1.165) is 40.5 Å². The van der Waals surface area contributed by atoms with Crippen LogP contribution in [0.2, 0.25) is 0 Å². The number of fused-ring (bicyclic) bond motifs is 1. The Hall–Kier alpha value is -2.35. The summed E-state index contributed by atoms with van der Waals surface area (Å²) in [4.78, 5) is 15.9. The van der Waals surface area contributed by atoms with Crippen molar-refractivity contribution in [2.24, 2.45) is 17.8 Å². The molecule has 0 saturated heterocycles. The second kappa shape index (κ2) is 5.58. The first-order chi connectivity index (χ1) is 13.2. The lowest BCUT2D eigenvalue weighted by Crippen LogP contribution is -2.49. The number of carbonyl (C=O) groups excluding carboxylic acids is 1. The molecule has 2 aromatic carbocycles. The first kappa shape index (κ1) is 15.7. The maximum absolute atomic E-state index is 12.2. The molecule has 3 aromatic rings.